The minimum absolute atomic E-state index is 0.0153. The number of ether oxygens (including phenoxy) is 1. The van der Waals surface area contributed by atoms with E-state index in [-0.39, 0.29) is 17.9 Å². The van der Waals surface area contributed by atoms with Gasteiger partial charge in [0.15, 0.2) is 0 Å². The highest BCUT2D eigenvalue weighted by Gasteiger charge is 2.30. The molecule has 0 aliphatic carbocycles. The van der Waals surface area contributed by atoms with Gasteiger partial charge in [0.1, 0.15) is 12.4 Å². The van der Waals surface area contributed by atoms with Crippen molar-refractivity contribution in [2.24, 2.45) is 0 Å². The van der Waals surface area contributed by atoms with E-state index in [1.165, 1.54) is 0 Å². The summed E-state index contributed by atoms with van der Waals surface area (Å²) in [6.45, 7) is 4.48. The quantitative estimate of drug-likeness (QED) is 0.487. The van der Waals surface area contributed by atoms with Gasteiger partial charge in [-0.15, -0.1) is 0 Å². The van der Waals surface area contributed by atoms with Gasteiger partial charge in [0.2, 0.25) is 0 Å². The molecule has 0 radical (unpaired) electrons. The van der Waals surface area contributed by atoms with Gasteiger partial charge >= 0.3 is 0 Å². The lowest BCUT2D eigenvalue weighted by molar-refractivity contribution is 0.0519. The highest BCUT2D eigenvalue weighted by atomic mass is 16.5. The molecule has 0 N–H and O–H groups in total. The largest absolute Gasteiger partial charge is 0.489 e. The van der Waals surface area contributed by atoms with Crippen molar-refractivity contribution in [3.63, 3.8) is 0 Å². The first-order chi connectivity index (χ1) is 16.7. The maximum Gasteiger partial charge on any atom is 0.254 e. The first kappa shape index (κ1) is 23.5. The van der Waals surface area contributed by atoms with Crippen molar-refractivity contribution in [1.82, 2.24) is 14.8 Å². The van der Waals surface area contributed by atoms with Gasteiger partial charge in [-0.3, -0.25) is 14.6 Å². The molecular weight excluding hydrogens is 426 g/mol. The van der Waals surface area contributed by atoms with Gasteiger partial charge in [0.05, 0.1) is 0 Å². The number of piperidine rings is 1. The van der Waals surface area contributed by atoms with Crippen LogP contribution in [0.15, 0.2) is 79.1 Å². The van der Waals surface area contributed by atoms with E-state index in [4.69, 9.17) is 4.74 Å². The molecule has 176 valence electrons. The van der Waals surface area contributed by atoms with Gasteiger partial charge in [0, 0.05) is 54.8 Å². The second-order valence-electron chi connectivity index (χ2n) is 8.57. The third-order valence-corrected chi connectivity index (χ3v) is 6.15. The number of hydrogen-bond donors (Lipinski definition) is 0. The van der Waals surface area contributed by atoms with Gasteiger partial charge in [0.25, 0.3) is 11.8 Å². The number of aromatic nitrogens is 1. The molecule has 2 heterocycles. The molecule has 0 spiro atoms. The van der Waals surface area contributed by atoms with Crippen molar-refractivity contribution in [3.8, 4) is 5.75 Å². The molecule has 2 aromatic carbocycles. The summed E-state index contributed by atoms with van der Waals surface area (Å²) in [7, 11) is 0. The van der Waals surface area contributed by atoms with Crippen molar-refractivity contribution < 1.29 is 14.3 Å². The monoisotopic (exact) mass is 457 g/mol. The highest BCUT2D eigenvalue weighted by Crippen LogP contribution is 2.23. The third-order valence-electron chi connectivity index (χ3n) is 6.15. The standard InChI is InChI=1S/C28H31N3O3/c1-2-16-31(25-13-17-30(18-14-25)27(32)23-9-4-3-5-10-23)28(33)24-11-6-12-26(19-24)34-21-22-8-7-15-29-20-22/h3-12,15,19-20,25H,2,13-14,16-18,21H2,1H3. The summed E-state index contributed by atoms with van der Waals surface area (Å²) in [5, 5.41) is 0. The maximum absolute atomic E-state index is 13.5. The first-order valence-electron chi connectivity index (χ1n) is 11.9. The molecule has 3 aromatic rings. The molecule has 2 amide bonds. The Morgan fingerprint density at radius 3 is 2.47 bits per heavy atom. The van der Waals surface area contributed by atoms with Crippen LogP contribution in [0.25, 0.3) is 0 Å². The first-order valence-corrected chi connectivity index (χ1v) is 11.9. The van der Waals surface area contributed by atoms with Gasteiger partial charge in [-0.05, 0) is 55.7 Å². The van der Waals surface area contributed by atoms with Crippen LogP contribution in [0, 0.1) is 0 Å². The van der Waals surface area contributed by atoms with Crippen molar-refractivity contribution in [3.05, 3.63) is 95.8 Å². The van der Waals surface area contributed by atoms with Gasteiger partial charge in [-0.25, -0.2) is 0 Å². The molecule has 4 rings (SSSR count). The summed E-state index contributed by atoms with van der Waals surface area (Å²) in [5.41, 5.74) is 2.31. The summed E-state index contributed by atoms with van der Waals surface area (Å²) < 4.78 is 5.90. The molecule has 6 nitrogen and oxygen atoms in total. The average molecular weight is 458 g/mol. The van der Waals surface area contributed by atoms with E-state index in [9.17, 15) is 9.59 Å². The fourth-order valence-electron chi connectivity index (χ4n) is 4.37. The van der Waals surface area contributed by atoms with Crippen LogP contribution in [0.1, 0.15) is 52.5 Å². The summed E-state index contributed by atoms with van der Waals surface area (Å²) in [5.74, 6) is 0.738. The van der Waals surface area contributed by atoms with Crippen LogP contribution in [0.5, 0.6) is 5.75 Å². The van der Waals surface area contributed by atoms with Crippen LogP contribution in [0.4, 0.5) is 0 Å². The predicted octanol–water partition coefficient (Wildman–Crippen LogP) is 4.82. The Balaban J connectivity index is 1.39. The summed E-state index contributed by atoms with van der Waals surface area (Å²) in [6.07, 6.45) is 5.94. The Kier molecular flexibility index (Phi) is 7.91. The third kappa shape index (κ3) is 5.81. The van der Waals surface area contributed by atoms with Crippen molar-refractivity contribution >= 4 is 11.8 Å². The van der Waals surface area contributed by atoms with E-state index in [1.54, 1.807) is 12.4 Å². The lowest BCUT2D eigenvalue weighted by Crippen LogP contribution is -2.49. The Morgan fingerprint density at radius 1 is 1.00 bits per heavy atom. The van der Waals surface area contributed by atoms with Crippen LogP contribution in [-0.2, 0) is 6.61 Å². The number of nitrogens with zero attached hydrogens (tertiary/aromatic N) is 3. The predicted molar refractivity (Wildman–Crippen MR) is 132 cm³/mol. The van der Waals surface area contributed by atoms with Crippen LogP contribution in [-0.4, -0.2) is 52.3 Å². The Morgan fingerprint density at radius 2 is 1.76 bits per heavy atom. The molecule has 6 heteroatoms. The van der Waals surface area contributed by atoms with E-state index in [1.807, 2.05) is 76.5 Å². The normalized spacial score (nSPS) is 14.0. The molecule has 1 aliphatic rings. The molecule has 0 atom stereocenters. The minimum atomic E-state index is 0.0153. The van der Waals surface area contributed by atoms with Crippen LogP contribution < -0.4 is 4.74 Å². The maximum atomic E-state index is 13.5. The number of carbonyl (C=O) groups excluding carboxylic acids is 2. The highest BCUT2D eigenvalue weighted by molar-refractivity contribution is 5.95. The second kappa shape index (κ2) is 11.5. The van der Waals surface area contributed by atoms with Gasteiger partial charge in [-0.2, -0.15) is 0 Å². The summed E-state index contributed by atoms with van der Waals surface area (Å²) in [4.78, 5) is 34.2. The topological polar surface area (TPSA) is 62.7 Å². The van der Waals surface area contributed by atoms with E-state index in [2.05, 4.69) is 11.9 Å². The van der Waals surface area contributed by atoms with Crippen molar-refractivity contribution in [2.45, 2.75) is 38.8 Å². The smallest absolute Gasteiger partial charge is 0.254 e. The van der Waals surface area contributed by atoms with Crippen molar-refractivity contribution in [1.29, 1.82) is 0 Å². The van der Waals surface area contributed by atoms with Crippen molar-refractivity contribution in [2.75, 3.05) is 19.6 Å². The Labute approximate surface area is 201 Å². The lowest BCUT2D eigenvalue weighted by atomic mass is 10.0. The SMILES string of the molecule is CCCN(C(=O)c1cccc(OCc2cccnc2)c1)C1CCN(C(=O)c2ccccc2)CC1. The van der Waals surface area contributed by atoms with E-state index in [0.29, 0.717) is 43.1 Å². The zero-order chi connectivity index (χ0) is 23.8. The molecule has 1 fully saturated rings. The number of pyridine rings is 1. The van der Waals surface area contributed by atoms with E-state index >= 15 is 0 Å². The molecule has 1 saturated heterocycles. The van der Waals surface area contributed by atoms with Crippen LogP contribution in [0.3, 0.4) is 0 Å². The zero-order valence-corrected chi connectivity index (χ0v) is 19.6. The Bertz CT molecular complexity index is 1080. The number of amides is 2. The average Bonchev–Trinajstić information content (AvgIpc) is 2.91. The molecule has 1 aromatic heterocycles. The molecule has 0 unspecified atom stereocenters. The lowest BCUT2D eigenvalue weighted by Gasteiger charge is -2.38. The van der Waals surface area contributed by atoms with E-state index < -0.39 is 0 Å². The zero-order valence-electron chi connectivity index (χ0n) is 19.6. The van der Waals surface area contributed by atoms with Gasteiger partial charge < -0.3 is 14.5 Å². The van der Waals surface area contributed by atoms with Crippen LogP contribution in [0.2, 0.25) is 0 Å². The minimum Gasteiger partial charge on any atom is -0.489 e. The molecule has 0 bridgehead atoms. The van der Waals surface area contributed by atoms with E-state index in [0.717, 1.165) is 24.8 Å². The fraction of sp³-hybridized carbons (Fsp3) is 0.321. The Hall–Kier alpha value is -3.67. The molecule has 0 saturated carbocycles. The molecule has 1 aliphatic heterocycles. The second-order valence-corrected chi connectivity index (χ2v) is 8.57. The number of likely N-dealkylation sites (tertiary alicyclic amines) is 1. The fourth-order valence-corrected chi connectivity index (χ4v) is 4.37. The summed E-state index contributed by atoms with van der Waals surface area (Å²) >= 11 is 0. The van der Waals surface area contributed by atoms with Crippen LogP contribution >= 0.6 is 0 Å². The number of carbonyl (C=O) groups is 2. The summed E-state index contributed by atoms with van der Waals surface area (Å²) in [6, 6.07) is 20.7. The van der Waals surface area contributed by atoms with Gasteiger partial charge in [-0.1, -0.05) is 37.3 Å². The number of hydrogen-bond acceptors (Lipinski definition) is 4. The molecular formula is C28H31N3O3. The molecule has 34 heavy (non-hydrogen) atoms. The number of benzene rings is 2. The number of rotatable bonds is 8.